The van der Waals surface area contributed by atoms with E-state index in [1.165, 1.54) is 0 Å². The molecule has 0 aliphatic rings. The van der Waals surface area contributed by atoms with Gasteiger partial charge in [-0.3, -0.25) is 4.79 Å². The topological polar surface area (TPSA) is 59.6 Å². The summed E-state index contributed by atoms with van der Waals surface area (Å²) in [7, 11) is 1.62. The van der Waals surface area contributed by atoms with E-state index in [1.54, 1.807) is 31.4 Å². The van der Waals surface area contributed by atoms with Gasteiger partial charge in [-0.2, -0.15) is 0 Å². The van der Waals surface area contributed by atoms with E-state index in [1.807, 2.05) is 24.3 Å². The summed E-state index contributed by atoms with van der Waals surface area (Å²) < 4.78 is 10.6. The molecule has 0 saturated heterocycles. The highest BCUT2D eigenvalue weighted by Gasteiger charge is 2.02. The number of benzene rings is 2. The van der Waals surface area contributed by atoms with Gasteiger partial charge in [0.1, 0.15) is 18.1 Å². The Labute approximate surface area is 140 Å². The summed E-state index contributed by atoms with van der Waals surface area (Å²) in [5.74, 6) is 1.42. The Hall–Kier alpha value is -2.24. The molecule has 0 fully saturated rings. The van der Waals surface area contributed by atoms with Crippen LogP contribution >= 0.6 is 11.6 Å². The molecular weight excluding hydrogens is 316 g/mol. The monoisotopic (exact) mass is 334 g/mol. The second-order valence-corrected chi connectivity index (χ2v) is 5.20. The van der Waals surface area contributed by atoms with E-state index in [0.29, 0.717) is 23.9 Å². The number of methoxy groups -OCH3 is 1. The first-order valence-corrected chi connectivity index (χ1v) is 7.58. The van der Waals surface area contributed by atoms with Crippen LogP contribution in [0.1, 0.15) is 0 Å². The number of hydrogen-bond donors (Lipinski definition) is 2. The van der Waals surface area contributed by atoms with Crippen LogP contribution in [0.25, 0.3) is 0 Å². The van der Waals surface area contributed by atoms with Gasteiger partial charge in [-0.25, -0.2) is 0 Å². The van der Waals surface area contributed by atoms with Crippen LogP contribution in [0.2, 0.25) is 5.02 Å². The lowest BCUT2D eigenvalue weighted by Gasteiger charge is -2.09. The minimum absolute atomic E-state index is 0.128. The molecule has 0 spiro atoms. The molecular formula is C17H19ClN2O3. The predicted molar refractivity (Wildman–Crippen MR) is 91.4 cm³/mol. The minimum atomic E-state index is -0.128. The summed E-state index contributed by atoms with van der Waals surface area (Å²) in [6, 6.07) is 14.4. The number of hydrogen-bond acceptors (Lipinski definition) is 4. The quantitative estimate of drug-likeness (QED) is 0.729. The molecule has 122 valence electrons. The number of amides is 1. The van der Waals surface area contributed by atoms with Crippen molar-refractivity contribution in [2.75, 3.05) is 32.1 Å². The third-order valence-corrected chi connectivity index (χ3v) is 3.24. The number of halogens is 1. The zero-order valence-electron chi connectivity index (χ0n) is 12.8. The van der Waals surface area contributed by atoms with E-state index in [9.17, 15) is 4.79 Å². The first kappa shape index (κ1) is 17.1. The van der Waals surface area contributed by atoms with Crippen LogP contribution < -0.4 is 20.1 Å². The Morgan fingerprint density at radius 3 is 2.57 bits per heavy atom. The summed E-state index contributed by atoms with van der Waals surface area (Å²) >= 11 is 5.86. The fourth-order valence-corrected chi connectivity index (χ4v) is 2.08. The number of rotatable bonds is 8. The second-order valence-electron chi connectivity index (χ2n) is 4.76. The lowest BCUT2D eigenvalue weighted by molar-refractivity contribution is -0.115. The molecule has 0 saturated carbocycles. The Morgan fingerprint density at radius 2 is 1.87 bits per heavy atom. The molecule has 1 amide bonds. The molecule has 6 heteroatoms. The average molecular weight is 335 g/mol. The molecule has 0 atom stereocenters. The van der Waals surface area contributed by atoms with Gasteiger partial charge in [0.05, 0.1) is 13.7 Å². The zero-order chi connectivity index (χ0) is 16.5. The molecule has 0 radical (unpaired) electrons. The fraction of sp³-hybridized carbons (Fsp3) is 0.235. The Kier molecular flexibility index (Phi) is 6.72. The minimum Gasteiger partial charge on any atom is -0.497 e. The van der Waals surface area contributed by atoms with Crippen LogP contribution in [0.5, 0.6) is 11.5 Å². The van der Waals surface area contributed by atoms with Crippen LogP contribution in [0, 0.1) is 0 Å². The standard InChI is InChI=1S/C17H19ClN2O3/c1-22-15-5-7-16(8-6-15)23-10-9-19-12-17(21)20-14-4-2-3-13(18)11-14/h2-8,11,19H,9-10,12H2,1H3,(H,20,21). The number of ether oxygens (including phenoxy) is 2. The highest BCUT2D eigenvalue weighted by Crippen LogP contribution is 2.16. The van der Waals surface area contributed by atoms with Crippen molar-refractivity contribution in [2.45, 2.75) is 0 Å². The van der Waals surface area contributed by atoms with Gasteiger partial charge in [-0.05, 0) is 42.5 Å². The van der Waals surface area contributed by atoms with Crippen molar-refractivity contribution in [3.63, 3.8) is 0 Å². The zero-order valence-corrected chi connectivity index (χ0v) is 13.6. The maximum absolute atomic E-state index is 11.8. The number of anilines is 1. The third-order valence-electron chi connectivity index (χ3n) is 3.00. The smallest absolute Gasteiger partial charge is 0.238 e. The van der Waals surface area contributed by atoms with Crippen LogP contribution in [0.4, 0.5) is 5.69 Å². The Morgan fingerprint density at radius 1 is 1.13 bits per heavy atom. The van der Waals surface area contributed by atoms with Gasteiger partial charge in [-0.15, -0.1) is 0 Å². The molecule has 2 aromatic rings. The average Bonchev–Trinajstić information content (AvgIpc) is 2.55. The highest BCUT2D eigenvalue weighted by atomic mass is 35.5. The third kappa shape index (κ3) is 6.18. The summed E-state index contributed by atoms with van der Waals surface area (Å²) in [6.45, 7) is 1.24. The van der Waals surface area contributed by atoms with Crippen LogP contribution in [-0.2, 0) is 4.79 Å². The van der Waals surface area contributed by atoms with E-state index in [4.69, 9.17) is 21.1 Å². The van der Waals surface area contributed by atoms with Gasteiger partial charge in [0.25, 0.3) is 0 Å². The first-order chi connectivity index (χ1) is 11.2. The van der Waals surface area contributed by atoms with Gasteiger partial charge >= 0.3 is 0 Å². The molecule has 2 aromatic carbocycles. The van der Waals surface area contributed by atoms with E-state index in [2.05, 4.69) is 10.6 Å². The SMILES string of the molecule is COc1ccc(OCCNCC(=O)Nc2cccc(Cl)c2)cc1. The molecule has 0 aromatic heterocycles. The normalized spacial score (nSPS) is 10.2. The largest absolute Gasteiger partial charge is 0.497 e. The molecule has 23 heavy (non-hydrogen) atoms. The van der Waals surface area contributed by atoms with Crippen molar-refractivity contribution in [2.24, 2.45) is 0 Å². The van der Waals surface area contributed by atoms with Gasteiger partial charge in [0.15, 0.2) is 0 Å². The second kappa shape index (κ2) is 9.02. The lowest BCUT2D eigenvalue weighted by atomic mass is 10.3. The van der Waals surface area contributed by atoms with Crippen molar-refractivity contribution >= 4 is 23.2 Å². The van der Waals surface area contributed by atoms with Gasteiger partial charge in [0, 0.05) is 17.3 Å². The Bertz CT molecular complexity index is 632. The summed E-state index contributed by atoms with van der Waals surface area (Å²) in [6.07, 6.45) is 0. The van der Waals surface area contributed by atoms with Crippen LogP contribution in [-0.4, -0.2) is 32.7 Å². The lowest BCUT2D eigenvalue weighted by Crippen LogP contribution is -2.31. The van der Waals surface area contributed by atoms with Gasteiger partial charge < -0.3 is 20.1 Å². The van der Waals surface area contributed by atoms with Crippen molar-refractivity contribution in [1.82, 2.24) is 5.32 Å². The van der Waals surface area contributed by atoms with E-state index >= 15 is 0 Å². The van der Waals surface area contributed by atoms with Crippen LogP contribution in [0.15, 0.2) is 48.5 Å². The van der Waals surface area contributed by atoms with E-state index in [-0.39, 0.29) is 12.5 Å². The van der Waals surface area contributed by atoms with Gasteiger partial charge in [0.2, 0.25) is 5.91 Å². The molecule has 0 aliphatic heterocycles. The van der Waals surface area contributed by atoms with Crippen molar-refractivity contribution in [3.05, 3.63) is 53.6 Å². The fourth-order valence-electron chi connectivity index (χ4n) is 1.89. The molecule has 5 nitrogen and oxygen atoms in total. The first-order valence-electron chi connectivity index (χ1n) is 7.20. The predicted octanol–water partition coefficient (Wildman–Crippen LogP) is 2.96. The number of carbonyl (C=O) groups is 1. The molecule has 2 N–H and O–H groups in total. The number of carbonyl (C=O) groups excluding carboxylic acids is 1. The summed E-state index contributed by atoms with van der Waals surface area (Å²) in [4.78, 5) is 11.8. The summed E-state index contributed by atoms with van der Waals surface area (Å²) in [5, 5.41) is 6.37. The molecule has 0 bridgehead atoms. The van der Waals surface area contributed by atoms with E-state index < -0.39 is 0 Å². The molecule has 0 unspecified atom stereocenters. The molecule has 2 rings (SSSR count). The highest BCUT2D eigenvalue weighted by molar-refractivity contribution is 6.30. The maximum Gasteiger partial charge on any atom is 0.238 e. The number of nitrogens with one attached hydrogen (secondary N) is 2. The van der Waals surface area contributed by atoms with E-state index in [0.717, 1.165) is 11.5 Å². The Balaban J connectivity index is 1.62. The van der Waals surface area contributed by atoms with Crippen molar-refractivity contribution in [1.29, 1.82) is 0 Å². The molecule has 0 aliphatic carbocycles. The van der Waals surface area contributed by atoms with Crippen LogP contribution in [0.3, 0.4) is 0 Å². The van der Waals surface area contributed by atoms with Crippen molar-refractivity contribution < 1.29 is 14.3 Å². The van der Waals surface area contributed by atoms with Crippen molar-refractivity contribution in [3.8, 4) is 11.5 Å². The molecule has 0 heterocycles. The maximum atomic E-state index is 11.8. The summed E-state index contributed by atoms with van der Waals surface area (Å²) in [5.41, 5.74) is 0.679. The van der Waals surface area contributed by atoms with Gasteiger partial charge in [-0.1, -0.05) is 17.7 Å².